The monoisotopic (exact) mass is 329 g/mol. The van der Waals surface area contributed by atoms with E-state index in [1.807, 2.05) is 42.5 Å². The van der Waals surface area contributed by atoms with Crippen molar-refractivity contribution in [2.24, 2.45) is 5.10 Å². The van der Waals surface area contributed by atoms with Crippen molar-refractivity contribution in [3.63, 3.8) is 0 Å². The van der Waals surface area contributed by atoms with Crippen molar-refractivity contribution in [2.75, 3.05) is 0 Å². The van der Waals surface area contributed by atoms with Crippen molar-refractivity contribution in [1.29, 1.82) is 0 Å². The molecule has 0 atom stereocenters. The Morgan fingerprint density at radius 2 is 2.05 bits per heavy atom. The zero-order valence-corrected chi connectivity index (χ0v) is 13.1. The second kappa shape index (κ2) is 7.20. The number of rotatable bonds is 5. The molecule has 5 nitrogen and oxygen atoms in total. The number of aromatic nitrogens is 4. The van der Waals surface area contributed by atoms with E-state index in [1.54, 1.807) is 23.4 Å². The molecule has 3 rings (SSSR count). The van der Waals surface area contributed by atoms with Gasteiger partial charge in [-0.05, 0) is 23.8 Å². The third-order valence-corrected chi connectivity index (χ3v) is 4.17. The lowest BCUT2D eigenvalue weighted by Gasteiger charge is -2.03. The molecular formula is C15H12ClN5S. The predicted octanol–water partition coefficient (Wildman–Crippen LogP) is 3.50. The van der Waals surface area contributed by atoms with E-state index in [0.29, 0.717) is 10.9 Å². The van der Waals surface area contributed by atoms with Crippen LogP contribution in [0.1, 0.15) is 11.3 Å². The van der Waals surface area contributed by atoms with Gasteiger partial charge in [0.15, 0.2) is 0 Å². The number of thioether (sulfide) groups is 1. The van der Waals surface area contributed by atoms with E-state index in [0.717, 1.165) is 16.3 Å². The molecule has 0 aliphatic carbocycles. The van der Waals surface area contributed by atoms with Gasteiger partial charge in [-0.2, -0.15) is 9.78 Å². The molecule has 0 aliphatic heterocycles. The first-order chi connectivity index (χ1) is 10.8. The standard InChI is InChI=1S/C15H12ClN5S/c16-14-7-2-1-5-12(14)10-22-15-20-18-11-21(15)19-9-13-6-3-4-8-17-13/h1-9,11H,10H2/b19-9+. The molecule has 0 saturated carbocycles. The molecule has 1 aromatic carbocycles. The molecule has 2 heterocycles. The maximum absolute atomic E-state index is 6.15. The molecule has 3 aromatic rings. The van der Waals surface area contributed by atoms with E-state index in [4.69, 9.17) is 11.6 Å². The van der Waals surface area contributed by atoms with Crippen LogP contribution in [0.4, 0.5) is 0 Å². The summed E-state index contributed by atoms with van der Waals surface area (Å²) in [6.07, 6.45) is 4.96. The largest absolute Gasteiger partial charge is 0.255 e. The van der Waals surface area contributed by atoms with Crippen molar-refractivity contribution < 1.29 is 0 Å². The zero-order chi connectivity index (χ0) is 15.2. The predicted molar refractivity (Wildman–Crippen MR) is 88.3 cm³/mol. The Morgan fingerprint density at radius 1 is 1.18 bits per heavy atom. The van der Waals surface area contributed by atoms with Crippen molar-refractivity contribution >= 4 is 29.6 Å². The van der Waals surface area contributed by atoms with Crippen LogP contribution in [0.15, 0.2) is 65.2 Å². The fraction of sp³-hybridized carbons (Fsp3) is 0.0667. The molecule has 0 N–H and O–H groups in total. The Bertz CT molecular complexity index is 772. The highest BCUT2D eigenvalue weighted by atomic mass is 35.5. The molecule has 7 heteroatoms. The van der Waals surface area contributed by atoms with Gasteiger partial charge in [-0.1, -0.05) is 47.6 Å². The summed E-state index contributed by atoms with van der Waals surface area (Å²) >= 11 is 7.68. The number of benzene rings is 1. The van der Waals surface area contributed by atoms with Crippen LogP contribution in [-0.2, 0) is 5.75 Å². The SMILES string of the molecule is Clc1ccccc1CSc1nncn1/N=C/c1ccccn1. The Morgan fingerprint density at radius 3 is 2.86 bits per heavy atom. The highest BCUT2D eigenvalue weighted by Crippen LogP contribution is 2.25. The normalized spacial score (nSPS) is 11.1. The highest BCUT2D eigenvalue weighted by molar-refractivity contribution is 7.98. The van der Waals surface area contributed by atoms with Crippen LogP contribution >= 0.6 is 23.4 Å². The molecule has 0 fully saturated rings. The van der Waals surface area contributed by atoms with Gasteiger partial charge >= 0.3 is 0 Å². The topological polar surface area (TPSA) is 56.0 Å². The lowest BCUT2D eigenvalue weighted by atomic mass is 10.2. The van der Waals surface area contributed by atoms with Gasteiger partial charge in [-0.25, -0.2) is 0 Å². The van der Waals surface area contributed by atoms with Crippen LogP contribution in [0.5, 0.6) is 0 Å². The van der Waals surface area contributed by atoms with Crippen LogP contribution in [-0.4, -0.2) is 26.1 Å². The number of pyridine rings is 1. The maximum atomic E-state index is 6.15. The Hall–Kier alpha value is -2.18. The Balaban J connectivity index is 1.70. The summed E-state index contributed by atoms with van der Waals surface area (Å²) in [5.74, 6) is 0.706. The van der Waals surface area contributed by atoms with Crippen molar-refractivity contribution in [1.82, 2.24) is 19.9 Å². The molecule has 0 amide bonds. The molecular weight excluding hydrogens is 318 g/mol. The van der Waals surface area contributed by atoms with Gasteiger partial charge in [-0.15, -0.1) is 10.2 Å². The van der Waals surface area contributed by atoms with Gasteiger partial charge in [0.1, 0.15) is 6.33 Å². The van der Waals surface area contributed by atoms with Crippen LogP contribution in [0.25, 0.3) is 0 Å². The smallest absolute Gasteiger partial charge is 0.212 e. The van der Waals surface area contributed by atoms with Crippen LogP contribution < -0.4 is 0 Å². The van der Waals surface area contributed by atoms with E-state index in [9.17, 15) is 0 Å². The first kappa shape index (κ1) is 14.7. The van der Waals surface area contributed by atoms with Crippen molar-refractivity contribution in [3.8, 4) is 0 Å². The summed E-state index contributed by atoms with van der Waals surface area (Å²) in [7, 11) is 0. The average molecular weight is 330 g/mol. The average Bonchev–Trinajstić information content (AvgIpc) is 3.01. The van der Waals surface area contributed by atoms with Gasteiger partial charge < -0.3 is 0 Å². The molecule has 0 aliphatic rings. The highest BCUT2D eigenvalue weighted by Gasteiger charge is 2.06. The van der Waals surface area contributed by atoms with Gasteiger partial charge in [0.2, 0.25) is 5.16 Å². The summed E-state index contributed by atoms with van der Waals surface area (Å²) in [5, 5.41) is 13.7. The minimum Gasteiger partial charge on any atom is -0.255 e. The van der Waals surface area contributed by atoms with Crippen LogP contribution in [0.2, 0.25) is 5.02 Å². The molecule has 0 spiro atoms. The molecule has 0 saturated heterocycles. The minimum atomic E-state index is 0.701. The quantitative estimate of drug-likeness (QED) is 0.531. The summed E-state index contributed by atoms with van der Waals surface area (Å²) < 4.78 is 1.62. The summed E-state index contributed by atoms with van der Waals surface area (Å²) in [6, 6.07) is 13.4. The molecule has 0 bridgehead atoms. The van der Waals surface area contributed by atoms with Crippen LogP contribution in [0.3, 0.4) is 0 Å². The molecule has 0 unspecified atom stereocenters. The third kappa shape index (κ3) is 3.72. The van der Waals surface area contributed by atoms with E-state index in [2.05, 4.69) is 20.3 Å². The lowest BCUT2D eigenvalue weighted by Crippen LogP contribution is -1.94. The minimum absolute atomic E-state index is 0.701. The van der Waals surface area contributed by atoms with E-state index in [-0.39, 0.29) is 0 Å². The molecule has 110 valence electrons. The number of nitrogens with zero attached hydrogens (tertiary/aromatic N) is 5. The van der Waals surface area contributed by atoms with E-state index >= 15 is 0 Å². The first-order valence-corrected chi connectivity index (χ1v) is 7.91. The number of halogens is 1. The van der Waals surface area contributed by atoms with Crippen molar-refractivity contribution in [3.05, 3.63) is 71.3 Å². The molecule has 2 aromatic heterocycles. The number of hydrogen-bond acceptors (Lipinski definition) is 5. The second-order valence-corrected chi connectivity index (χ2v) is 5.69. The first-order valence-electron chi connectivity index (χ1n) is 6.54. The lowest BCUT2D eigenvalue weighted by molar-refractivity contribution is 0.766. The third-order valence-electron chi connectivity index (χ3n) is 2.82. The summed E-state index contributed by atoms with van der Waals surface area (Å²) in [5.41, 5.74) is 1.83. The zero-order valence-electron chi connectivity index (χ0n) is 11.5. The molecule has 0 radical (unpaired) electrons. The van der Waals surface area contributed by atoms with Gasteiger partial charge in [0.05, 0.1) is 11.9 Å². The Kier molecular flexibility index (Phi) is 4.82. The van der Waals surface area contributed by atoms with E-state index < -0.39 is 0 Å². The Labute approximate surface area is 137 Å². The number of hydrogen-bond donors (Lipinski definition) is 0. The van der Waals surface area contributed by atoms with Gasteiger partial charge in [-0.3, -0.25) is 4.98 Å². The second-order valence-electron chi connectivity index (χ2n) is 4.34. The maximum Gasteiger partial charge on any atom is 0.212 e. The van der Waals surface area contributed by atoms with E-state index in [1.165, 1.54) is 11.8 Å². The fourth-order valence-corrected chi connectivity index (χ4v) is 2.87. The summed E-state index contributed by atoms with van der Waals surface area (Å²) in [6.45, 7) is 0. The van der Waals surface area contributed by atoms with Gasteiger partial charge in [0, 0.05) is 17.0 Å². The summed E-state index contributed by atoms with van der Waals surface area (Å²) in [4.78, 5) is 4.19. The van der Waals surface area contributed by atoms with Crippen molar-refractivity contribution in [2.45, 2.75) is 10.9 Å². The van der Waals surface area contributed by atoms with Crippen LogP contribution in [0, 0.1) is 0 Å². The fourth-order valence-electron chi connectivity index (χ4n) is 1.72. The molecule has 22 heavy (non-hydrogen) atoms. The van der Waals surface area contributed by atoms with Gasteiger partial charge in [0.25, 0.3) is 0 Å².